The number of amides is 2. The van der Waals surface area contributed by atoms with E-state index in [1.165, 1.54) is 24.0 Å². The second-order valence-electron chi connectivity index (χ2n) is 8.23. The van der Waals surface area contributed by atoms with Crippen LogP contribution in [0.3, 0.4) is 0 Å². The molecule has 0 aliphatic heterocycles. The van der Waals surface area contributed by atoms with E-state index in [-0.39, 0.29) is 22.8 Å². The molecule has 8 heteroatoms. The van der Waals surface area contributed by atoms with Crippen LogP contribution < -0.4 is 10.0 Å². The lowest BCUT2D eigenvalue weighted by molar-refractivity contribution is -0.133. The van der Waals surface area contributed by atoms with Gasteiger partial charge < -0.3 is 10.2 Å². The zero-order valence-corrected chi connectivity index (χ0v) is 20.5. The van der Waals surface area contributed by atoms with Gasteiger partial charge in [-0.25, -0.2) is 8.42 Å². The molecule has 0 saturated heterocycles. The van der Waals surface area contributed by atoms with Crippen molar-refractivity contribution in [1.29, 1.82) is 0 Å². The minimum atomic E-state index is -3.84. The number of carbonyl (C=O) groups excluding carboxylic acids is 2. The van der Waals surface area contributed by atoms with E-state index in [4.69, 9.17) is 0 Å². The number of aryl methyl sites for hydroxylation is 1. The first-order valence-corrected chi connectivity index (χ1v) is 12.4. The molecule has 0 radical (unpaired) electrons. The van der Waals surface area contributed by atoms with Crippen LogP contribution in [0.25, 0.3) is 0 Å². The molecule has 0 fully saturated rings. The summed E-state index contributed by atoms with van der Waals surface area (Å²) < 4.78 is 27.8. The van der Waals surface area contributed by atoms with Crippen LogP contribution in [0.15, 0.2) is 83.8 Å². The highest BCUT2D eigenvalue weighted by Gasteiger charge is 2.27. The number of benzene rings is 3. The van der Waals surface area contributed by atoms with Crippen LogP contribution in [0.2, 0.25) is 0 Å². The van der Waals surface area contributed by atoms with Gasteiger partial charge in [-0.3, -0.25) is 9.59 Å². The molecule has 0 saturated carbocycles. The zero-order chi connectivity index (χ0) is 24.9. The molecule has 178 valence electrons. The van der Waals surface area contributed by atoms with Crippen molar-refractivity contribution in [3.8, 4) is 0 Å². The second-order valence-corrected chi connectivity index (χ2v) is 9.94. The summed E-state index contributed by atoms with van der Waals surface area (Å²) >= 11 is 0. The molecule has 0 aromatic heterocycles. The molecular formula is C26H29N3O4S. The third-order valence-electron chi connectivity index (χ3n) is 5.63. The Balaban J connectivity index is 1.68. The molecule has 0 aliphatic rings. The van der Waals surface area contributed by atoms with Crippen LogP contribution in [-0.2, 0) is 14.8 Å². The summed E-state index contributed by atoms with van der Waals surface area (Å²) in [5, 5.41) is 2.86. The lowest BCUT2D eigenvalue weighted by Crippen LogP contribution is -2.46. The smallest absolute Gasteiger partial charge is 0.255 e. The monoisotopic (exact) mass is 479 g/mol. The number of sulfonamides is 1. The van der Waals surface area contributed by atoms with Crippen LogP contribution in [0.5, 0.6) is 0 Å². The normalized spacial score (nSPS) is 13.1. The fourth-order valence-electron chi connectivity index (χ4n) is 3.46. The number of rotatable bonds is 8. The quantitative estimate of drug-likeness (QED) is 0.508. The first-order valence-electron chi connectivity index (χ1n) is 10.9. The van der Waals surface area contributed by atoms with Crippen LogP contribution in [-0.4, -0.2) is 38.2 Å². The number of nitrogens with zero attached hydrogens (tertiary/aromatic N) is 1. The van der Waals surface area contributed by atoms with E-state index in [1.54, 1.807) is 61.6 Å². The Kier molecular flexibility index (Phi) is 7.86. The summed E-state index contributed by atoms with van der Waals surface area (Å²) in [6.07, 6.45) is 0. The predicted octanol–water partition coefficient (Wildman–Crippen LogP) is 4.13. The number of nitrogens with one attached hydrogen (secondary N) is 2. The average molecular weight is 480 g/mol. The highest BCUT2D eigenvalue weighted by molar-refractivity contribution is 7.89. The highest BCUT2D eigenvalue weighted by atomic mass is 32.2. The molecule has 3 rings (SSSR count). The Labute approximate surface area is 200 Å². The Morgan fingerprint density at radius 3 is 2.18 bits per heavy atom. The fourth-order valence-corrected chi connectivity index (χ4v) is 4.65. The molecule has 0 aliphatic carbocycles. The molecule has 7 nitrogen and oxygen atoms in total. The van der Waals surface area contributed by atoms with Crippen LogP contribution in [0.4, 0.5) is 5.69 Å². The minimum Gasteiger partial charge on any atom is -0.338 e. The zero-order valence-electron chi connectivity index (χ0n) is 19.6. The van der Waals surface area contributed by atoms with E-state index >= 15 is 0 Å². The highest BCUT2D eigenvalue weighted by Crippen LogP contribution is 2.23. The molecule has 3 aromatic carbocycles. The van der Waals surface area contributed by atoms with Crippen molar-refractivity contribution in [3.05, 3.63) is 95.6 Å². The lowest BCUT2D eigenvalue weighted by atomic mass is 10.1. The molecule has 0 bridgehead atoms. The largest absolute Gasteiger partial charge is 0.338 e. The lowest BCUT2D eigenvalue weighted by Gasteiger charge is -2.28. The van der Waals surface area contributed by atoms with Gasteiger partial charge in [-0.1, -0.05) is 48.0 Å². The Morgan fingerprint density at radius 1 is 0.882 bits per heavy atom. The summed E-state index contributed by atoms with van der Waals surface area (Å²) in [4.78, 5) is 27.0. The molecule has 0 heterocycles. The van der Waals surface area contributed by atoms with Crippen molar-refractivity contribution in [2.45, 2.75) is 37.8 Å². The summed E-state index contributed by atoms with van der Waals surface area (Å²) in [7, 11) is -2.21. The number of likely N-dealkylation sites (N-methyl/N-ethyl adjacent to an activating group) is 1. The van der Waals surface area contributed by atoms with Crippen molar-refractivity contribution < 1.29 is 18.0 Å². The van der Waals surface area contributed by atoms with Gasteiger partial charge in [0.15, 0.2) is 0 Å². The van der Waals surface area contributed by atoms with E-state index in [9.17, 15) is 18.0 Å². The summed E-state index contributed by atoms with van der Waals surface area (Å²) in [6, 6.07) is 21.2. The molecule has 2 amide bonds. The average Bonchev–Trinajstić information content (AvgIpc) is 2.83. The van der Waals surface area contributed by atoms with E-state index in [0.29, 0.717) is 11.3 Å². The minimum absolute atomic E-state index is 0.107. The second kappa shape index (κ2) is 10.6. The van der Waals surface area contributed by atoms with Gasteiger partial charge in [0, 0.05) is 18.3 Å². The van der Waals surface area contributed by atoms with Gasteiger partial charge in [-0.05, 0) is 62.7 Å². The van der Waals surface area contributed by atoms with Crippen molar-refractivity contribution in [2.75, 3.05) is 12.4 Å². The van der Waals surface area contributed by atoms with Crippen LogP contribution >= 0.6 is 0 Å². The van der Waals surface area contributed by atoms with Crippen LogP contribution in [0.1, 0.15) is 41.4 Å². The van der Waals surface area contributed by atoms with Gasteiger partial charge in [-0.15, -0.1) is 0 Å². The topological polar surface area (TPSA) is 95.6 Å². The molecule has 2 atom stereocenters. The van der Waals surface area contributed by atoms with E-state index in [2.05, 4.69) is 10.0 Å². The van der Waals surface area contributed by atoms with Gasteiger partial charge in [-0.2, -0.15) is 4.72 Å². The van der Waals surface area contributed by atoms with Gasteiger partial charge >= 0.3 is 0 Å². The maximum atomic E-state index is 13.0. The SMILES string of the molecule is Cc1ccc(S(=O)(=O)N[C@@H](C)C(=O)N(C)C(C)c2cccc(NC(=O)c3ccccc3)c2)cc1. The number of hydrogen-bond acceptors (Lipinski definition) is 4. The van der Waals surface area contributed by atoms with Gasteiger partial charge in [0.2, 0.25) is 15.9 Å². The van der Waals surface area contributed by atoms with Gasteiger partial charge in [0.05, 0.1) is 17.0 Å². The first kappa shape index (κ1) is 25.1. The van der Waals surface area contributed by atoms with Crippen molar-refractivity contribution >= 4 is 27.5 Å². The Hall–Kier alpha value is -3.49. The molecule has 1 unspecified atom stereocenters. The van der Waals surface area contributed by atoms with E-state index in [0.717, 1.165) is 11.1 Å². The third kappa shape index (κ3) is 6.09. The van der Waals surface area contributed by atoms with Crippen molar-refractivity contribution in [3.63, 3.8) is 0 Å². The maximum Gasteiger partial charge on any atom is 0.255 e. The standard InChI is InChI=1S/C26H29N3O4S/c1-18-13-15-24(16-14-18)34(32,33)28-19(2)26(31)29(4)20(3)22-11-8-12-23(17-22)27-25(30)21-9-6-5-7-10-21/h5-17,19-20,28H,1-4H3,(H,27,30)/t19-,20?/m0/s1. The van der Waals surface area contributed by atoms with Crippen LogP contribution in [0, 0.1) is 6.92 Å². The predicted molar refractivity (Wildman–Crippen MR) is 133 cm³/mol. The Bertz CT molecular complexity index is 1260. The number of hydrogen-bond donors (Lipinski definition) is 2. The first-order chi connectivity index (χ1) is 16.1. The van der Waals surface area contributed by atoms with E-state index in [1.807, 2.05) is 26.0 Å². The molecule has 3 aromatic rings. The summed E-state index contributed by atoms with van der Waals surface area (Å²) in [6.45, 7) is 5.24. The summed E-state index contributed by atoms with van der Waals surface area (Å²) in [5.41, 5.74) is 2.89. The Morgan fingerprint density at radius 2 is 1.53 bits per heavy atom. The van der Waals surface area contributed by atoms with E-state index < -0.39 is 16.1 Å². The maximum absolute atomic E-state index is 13.0. The fraction of sp³-hybridized carbons (Fsp3) is 0.231. The van der Waals surface area contributed by atoms with Gasteiger partial charge in [0.1, 0.15) is 0 Å². The molecular weight excluding hydrogens is 450 g/mol. The number of anilines is 1. The van der Waals surface area contributed by atoms with Crippen molar-refractivity contribution in [1.82, 2.24) is 9.62 Å². The third-order valence-corrected chi connectivity index (χ3v) is 7.18. The van der Waals surface area contributed by atoms with Gasteiger partial charge in [0.25, 0.3) is 5.91 Å². The molecule has 2 N–H and O–H groups in total. The van der Waals surface area contributed by atoms with Crippen molar-refractivity contribution in [2.24, 2.45) is 0 Å². The number of carbonyl (C=O) groups is 2. The summed E-state index contributed by atoms with van der Waals surface area (Å²) in [5.74, 6) is -0.601. The molecule has 0 spiro atoms. The molecule has 34 heavy (non-hydrogen) atoms.